The second-order valence-electron chi connectivity index (χ2n) is 7.38. The lowest BCUT2D eigenvalue weighted by Crippen LogP contribution is -2.47. The molecule has 0 saturated heterocycles. The van der Waals surface area contributed by atoms with Gasteiger partial charge in [-0.2, -0.15) is 0 Å². The number of hydrogen-bond donors (Lipinski definition) is 1. The Labute approximate surface area is 166 Å². The van der Waals surface area contributed by atoms with Gasteiger partial charge in [0.2, 0.25) is 5.91 Å². The quantitative estimate of drug-likeness (QED) is 0.725. The summed E-state index contributed by atoms with van der Waals surface area (Å²) in [6, 6.07) is 12.9. The van der Waals surface area contributed by atoms with Crippen LogP contribution in [0.15, 0.2) is 59.5 Å². The molecule has 0 atom stereocenters. The van der Waals surface area contributed by atoms with Crippen molar-refractivity contribution < 1.29 is 17.6 Å². The molecule has 0 aliphatic heterocycles. The smallest absolute Gasteiger partial charge is 0.264 e. The maximum atomic E-state index is 13.2. The normalized spacial score (nSPS) is 11.9. The molecule has 0 spiro atoms. The van der Waals surface area contributed by atoms with E-state index in [0.717, 1.165) is 16.4 Å². The standard InChI is InChI=1S/C21H27FN2O3S/c1-15(2)21(16(3)4)23-20(25)14-24(18-8-6-5-7-9-18)28(26,27)19-12-10-17(22)11-13-19/h5-13,15-16,21H,14H2,1-4H3,(H,23,25). The Morgan fingerprint density at radius 1 is 0.964 bits per heavy atom. The van der Waals surface area contributed by atoms with Crippen LogP contribution in [0.1, 0.15) is 27.7 Å². The predicted molar refractivity (Wildman–Crippen MR) is 109 cm³/mol. The molecule has 5 nitrogen and oxygen atoms in total. The summed E-state index contributed by atoms with van der Waals surface area (Å²) in [5, 5.41) is 2.94. The summed E-state index contributed by atoms with van der Waals surface area (Å²) in [7, 11) is -4.04. The van der Waals surface area contributed by atoms with Crippen LogP contribution in [0.25, 0.3) is 0 Å². The minimum absolute atomic E-state index is 0.0707. The van der Waals surface area contributed by atoms with Gasteiger partial charge in [0.25, 0.3) is 10.0 Å². The predicted octanol–water partition coefficient (Wildman–Crippen LogP) is 3.82. The minimum atomic E-state index is -4.04. The van der Waals surface area contributed by atoms with Gasteiger partial charge < -0.3 is 5.32 Å². The maximum absolute atomic E-state index is 13.2. The zero-order chi connectivity index (χ0) is 20.9. The van der Waals surface area contributed by atoms with E-state index in [1.165, 1.54) is 12.1 Å². The Balaban J connectivity index is 2.36. The first-order valence-corrected chi connectivity index (χ1v) is 10.7. The van der Waals surface area contributed by atoms with E-state index in [0.29, 0.717) is 5.69 Å². The van der Waals surface area contributed by atoms with E-state index in [9.17, 15) is 17.6 Å². The maximum Gasteiger partial charge on any atom is 0.264 e. The van der Waals surface area contributed by atoms with Crippen LogP contribution in [0.4, 0.5) is 10.1 Å². The van der Waals surface area contributed by atoms with Gasteiger partial charge in [-0.05, 0) is 48.2 Å². The summed E-state index contributed by atoms with van der Waals surface area (Å²) in [5.41, 5.74) is 0.368. The summed E-state index contributed by atoms with van der Waals surface area (Å²) in [4.78, 5) is 12.6. The third kappa shape index (κ3) is 5.32. The van der Waals surface area contributed by atoms with Crippen LogP contribution in [0.2, 0.25) is 0 Å². The van der Waals surface area contributed by atoms with Crippen molar-refractivity contribution in [3.8, 4) is 0 Å². The first kappa shape index (κ1) is 21.9. The van der Waals surface area contributed by atoms with Crippen molar-refractivity contribution in [1.29, 1.82) is 0 Å². The molecule has 1 N–H and O–H groups in total. The Hall–Kier alpha value is -2.41. The number of sulfonamides is 1. The van der Waals surface area contributed by atoms with Crippen molar-refractivity contribution in [3.63, 3.8) is 0 Å². The number of rotatable bonds is 8. The van der Waals surface area contributed by atoms with Crippen molar-refractivity contribution in [2.75, 3.05) is 10.8 Å². The summed E-state index contributed by atoms with van der Waals surface area (Å²) in [5.74, 6) is -0.493. The number of nitrogens with zero attached hydrogens (tertiary/aromatic N) is 1. The average molecular weight is 407 g/mol. The van der Waals surface area contributed by atoms with Crippen molar-refractivity contribution in [1.82, 2.24) is 5.32 Å². The molecular formula is C21H27FN2O3S. The van der Waals surface area contributed by atoms with Crippen LogP contribution in [0, 0.1) is 17.7 Å². The van der Waals surface area contributed by atoms with Gasteiger partial charge >= 0.3 is 0 Å². The molecule has 2 rings (SSSR count). The molecule has 2 aromatic carbocycles. The number of carbonyl (C=O) groups excluding carboxylic acids is 1. The van der Waals surface area contributed by atoms with Gasteiger partial charge in [-0.1, -0.05) is 45.9 Å². The molecule has 0 aromatic heterocycles. The second-order valence-corrected chi connectivity index (χ2v) is 9.24. The first-order valence-electron chi connectivity index (χ1n) is 9.25. The van der Waals surface area contributed by atoms with Crippen LogP contribution >= 0.6 is 0 Å². The van der Waals surface area contributed by atoms with E-state index in [2.05, 4.69) is 5.32 Å². The molecule has 1 amide bonds. The highest BCUT2D eigenvalue weighted by Gasteiger charge is 2.28. The van der Waals surface area contributed by atoms with E-state index < -0.39 is 15.8 Å². The molecule has 0 bridgehead atoms. The SMILES string of the molecule is CC(C)C(NC(=O)CN(c1ccccc1)S(=O)(=O)c1ccc(F)cc1)C(C)C. The monoisotopic (exact) mass is 406 g/mol. The lowest BCUT2D eigenvalue weighted by molar-refractivity contribution is -0.121. The molecule has 152 valence electrons. The number of benzene rings is 2. The van der Waals surface area contributed by atoms with Crippen molar-refractivity contribution in [2.24, 2.45) is 11.8 Å². The highest BCUT2D eigenvalue weighted by molar-refractivity contribution is 7.92. The Morgan fingerprint density at radius 3 is 2.00 bits per heavy atom. The molecule has 0 unspecified atom stereocenters. The van der Waals surface area contributed by atoms with Crippen molar-refractivity contribution in [3.05, 3.63) is 60.4 Å². The third-order valence-corrected chi connectivity index (χ3v) is 6.29. The molecule has 0 heterocycles. The summed E-state index contributed by atoms with van der Waals surface area (Å²) >= 11 is 0. The number of amides is 1. The second kappa shape index (κ2) is 9.19. The van der Waals surface area contributed by atoms with Gasteiger partial charge in [0, 0.05) is 6.04 Å². The lowest BCUT2D eigenvalue weighted by atomic mass is 9.93. The fourth-order valence-corrected chi connectivity index (χ4v) is 4.53. The average Bonchev–Trinajstić information content (AvgIpc) is 2.64. The number of hydrogen-bond acceptors (Lipinski definition) is 3. The van der Waals surface area contributed by atoms with E-state index in [4.69, 9.17) is 0 Å². The number of para-hydroxylation sites is 1. The van der Waals surface area contributed by atoms with E-state index >= 15 is 0 Å². The number of anilines is 1. The van der Waals surface area contributed by atoms with Gasteiger partial charge in [0.15, 0.2) is 0 Å². The molecular weight excluding hydrogens is 379 g/mol. The Morgan fingerprint density at radius 2 is 1.50 bits per heavy atom. The molecule has 7 heteroatoms. The van der Waals surface area contributed by atoms with E-state index in [-0.39, 0.29) is 35.2 Å². The molecule has 2 aromatic rings. The third-order valence-electron chi connectivity index (χ3n) is 4.50. The van der Waals surface area contributed by atoms with Gasteiger partial charge in [-0.3, -0.25) is 9.10 Å². The van der Waals surface area contributed by atoms with Crippen LogP contribution in [-0.2, 0) is 14.8 Å². The molecule has 0 fully saturated rings. The number of halogens is 1. The highest BCUT2D eigenvalue weighted by atomic mass is 32.2. The molecule has 0 radical (unpaired) electrons. The van der Waals surface area contributed by atoms with E-state index in [1.54, 1.807) is 30.3 Å². The highest BCUT2D eigenvalue weighted by Crippen LogP contribution is 2.23. The van der Waals surface area contributed by atoms with Gasteiger partial charge in [-0.15, -0.1) is 0 Å². The summed E-state index contributed by atoms with van der Waals surface area (Å²) < 4.78 is 40.6. The molecule has 28 heavy (non-hydrogen) atoms. The number of carbonyl (C=O) groups is 1. The Bertz CT molecular complexity index is 874. The number of nitrogens with one attached hydrogen (secondary N) is 1. The van der Waals surface area contributed by atoms with Crippen molar-refractivity contribution in [2.45, 2.75) is 38.6 Å². The minimum Gasteiger partial charge on any atom is -0.351 e. The fourth-order valence-electron chi connectivity index (χ4n) is 3.11. The molecule has 0 aliphatic carbocycles. The molecule has 0 aliphatic rings. The Kier molecular flexibility index (Phi) is 7.18. The van der Waals surface area contributed by atoms with Gasteiger partial charge in [-0.25, -0.2) is 12.8 Å². The van der Waals surface area contributed by atoms with Crippen LogP contribution in [0.5, 0.6) is 0 Å². The molecule has 0 saturated carbocycles. The van der Waals surface area contributed by atoms with Gasteiger partial charge in [0.1, 0.15) is 12.4 Å². The van der Waals surface area contributed by atoms with Crippen LogP contribution in [0.3, 0.4) is 0 Å². The largest absolute Gasteiger partial charge is 0.351 e. The van der Waals surface area contributed by atoms with Crippen LogP contribution in [-0.4, -0.2) is 26.9 Å². The summed E-state index contributed by atoms with van der Waals surface area (Å²) in [6.07, 6.45) is 0. The van der Waals surface area contributed by atoms with E-state index in [1.807, 2.05) is 27.7 Å². The fraction of sp³-hybridized carbons (Fsp3) is 0.381. The van der Waals surface area contributed by atoms with Crippen LogP contribution < -0.4 is 9.62 Å². The lowest BCUT2D eigenvalue weighted by Gasteiger charge is -2.29. The zero-order valence-corrected chi connectivity index (χ0v) is 17.4. The first-order chi connectivity index (χ1) is 13.1. The van der Waals surface area contributed by atoms with Gasteiger partial charge in [0.05, 0.1) is 10.6 Å². The zero-order valence-electron chi connectivity index (χ0n) is 16.6. The van der Waals surface area contributed by atoms with Crippen molar-refractivity contribution >= 4 is 21.6 Å². The summed E-state index contributed by atoms with van der Waals surface area (Å²) in [6.45, 7) is 7.67. The topological polar surface area (TPSA) is 66.5 Å².